The number of aryl methyl sites for hydroxylation is 1. The highest BCUT2D eigenvalue weighted by Crippen LogP contribution is 2.33. The molecule has 1 aromatic heterocycles. The lowest BCUT2D eigenvalue weighted by molar-refractivity contribution is 0.386. The van der Waals surface area contributed by atoms with Crippen molar-refractivity contribution >= 4 is 50.2 Å². The third kappa shape index (κ3) is 3.37. The molecule has 0 atom stereocenters. The van der Waals surface area contributed by atoms with Crippen molar-refractivity contribution in [2.75, 3.05) is 31.1 Å². The van der Waals surface area contributed by atoms with Crippen LogP contribution in [0.2, 0.25) is 10.0 Å². The highest BCUT2D eigenvalue weighted by Gasteiger charge is 2.30. The maximum absolute atomic E-state index is 12.6. The van der Waals surface area contributed by atoms with Crippen LogP contribution in [0.25, 0.3) is 0 Å². The smallest absolute Gasteiger partial charge is 0.252 e. The zero-order valence-corrected chi connectivity index (χ0v) is 15.6. The van der Waals surface area contributed by atoms with Crippen molar-refractivity contribution in [3.63, 3.8) is 0 Å². The first-order chi connectivity index (χ1) is 10.9. The van der Waals surface area contributed by atoms with E-state index in [4.69, 9.17) is 23.2 Å². The van der Waals surface area contributed by atoms with Crippen molar-refractivity contribution in [1.82, 2.24) is 4.31 Å². The molecule has 0 radical (unpaired) electrons. The van der Waals surface area contributed by atoms with Crippen LogP contribution in [0.5, 0.6) is 0 Å². The molecule has 0 amide bonds. The average molecular weight is 391 g/mol. The number of anilines is 1. The quantitative estimate of drug-likeness (QED) is 0.798. The highest BCUT2D eigenvalue weighted by atomic mass is 35.5. The summed E-state index contributed by atoms with van der Waals surface area (Å²) in [6.07, 6.45) is 0. The van der Waals surface area contributed by atoms with Crippen molar-refractivity contribution in [2.45, 2.75) is 11.1 Å². The molecule has 0 saturated carbocycles. The number of thiophene rings is 1. The van der Waals surface area contributed by atoms with Crippen LogP contribution in [-0.2, 0) is 10.0 Å². The number of piperazine rings is 1. The Labute approximate surface area is 150 Å². The maximum atomic E-state index is 12.6. The van der Waals surface area contributed by atoms with Gasteiger partial charge in [-0.3, -0.25) is 0 Å². The first-order valence-corrected chi connectivity index (χ1v) is 10.2. The van der Waals surface area contributed by atoms with E-state index in [1.54, 1.807) is 12.1 Å². The predicted molar refractivity (Wildman–Crippen MR) is 96.5 cm³/mol. The minimum absolute atomic E-state index is 0.407. The molecule has 0 spiro atoms. The molecular weight excluding hydrogens is 375 g/mol. The monoisotopic (exact) mass is 390 g/mol. The van der Waals surface area contributed by atoms with E-state index in [-0.39, 0.29) is 0 Å². The fourth-order valence-electron chi connectivity index (χ4n) is 2.58. The van der Waals surface area contributed by atoms with Gasteiger partial charge in [-0.15, -0.1) is 11.3 Å². The van der Waals surface area contributed by atoms with Crippen molar-refractivity contribution < 1.29 is 8.42 Å². The van der Waals surface area contributed by atoms with Gasteiger partial charge in [-0.25, -0.2) is 8.42 Å². The lowest BCUT2D eigenvalue weighted by atomic mass is 10.2. The number of hydrogen-bond acceptors (Lipinski definition) is 4. The van der Waals surface area contributed by atoms with E-state index in [0.717, 1.165) is 10.6 Å². The summed E-state index contributed by atoms with van der Waals surface area (Å²) in [5.74, 6) is 0. The Kier molecular flexibility index (Phi) is 4.90. The van der Waals surface area contributed by atoms with Crippen LogP contribution in [0.3, 0.4) is 0 Å². The lowest BCUT2D eigenvalue weighted by Gasteiger charge is -2.35. The Morgan fingerprint density at radius 1 is 1.04 bits per heavy atom. The molecule has 124 valence electrons. The van der Waals surface area contributed by atoms with Crippen LogP contribution < -0.4 is 4.90 Å². The molecule has 8 heteroatoms. The van der Waals surface area contributed by atoms with Gasteiger partial charge in [0.05, 0.1) is 15.7 Å². The molecule has 4 nitrogen and oxygen atoms in total. The molecule has 1 aliphatic rings. The minimum atomic E-state index is -3.40. The largest absolute Gasteiger partial charge is 0.368 e. The Morgan fingerprint density at radius 3 is 2.35 bits per heavy atom. The summed E-state index contributed by atoms with van der Waals surface area (Å²) in [5.41, 5.74) is 0.850. The van der Waals surface area contributed by atoms with Gasteiger partial charge >= 0.3 is 0 Å². The van der Waals surface area contributed by atoms with Gasteiger partial charge in [-0.2, -0.15) is 4.31 Å². The van der Waals surface area contributed by atoms with E-state index in [9.17, 15) is 8.42 Å². The van der Waals surface area contributed by atoms with E-state index in [1.165, 1.54) is 15.6 Å². The molecule has 0 aliphatic carbocycles. The third-order valence-electron chi connectivity index (χ3n) is 3.82. The molecule has 2 aromatic rings. The number of halogens is 2. The zero-order valence-electron chi connectivity index (χ0n) is 12.5. The van der Waals surface area contributed by atoms with Crippen molar-refractivity contribution in [3.8, 4) is 0 Å². The number of nitrogens with zero attached hydrogens (tertiary/aromatic N) is 2. The summed E-state index contributed by atoms with van der Waals surface area (Å²) in [7, 11) is -3.40. The molecule has 1 aliphatic heterocycles. The first-order valence-electron chi connectivity index (χ1n) is 7.15. The molecule has 1 saturated heterocycles. The van der Waals surface area contributed by atoms with E-state index >= 15 is 0 Å². The van der Waals surface area contributed by atoms with Gasteiger partial charge in [0.25, 0.3) is 10.0 Å². The Hall–Kier alpha value is -0.790. The van der Waals surface area contributed by atoms with Gasteiger partial charge in [-0.1, -0.05) is 29.3 Å². The summed E-state index contributed by atoms with van der Waals surface area (Å²) in [4.78, 5) is 3.06. The summed E-state index contributed by atoms with van der Waals surface area (Å²) < 4.78 is 27.2. The second-order valence-corrected chi connectivity index (χ2v) is 9.57. The normalized spacial score (nSPS) is 16.7. The summed E-state index contributed by atoms with van der Waals surface area (Å²) in [6, 6.07) is 9.00. The van der Waals surface area contributed by atoms with Crippen LogP contribution in [-0.4, -0.2) is 38.9 Å². The predicted octanol–water partition coefficient (Wildman–Crippen LogP) is 3.87. The molecule has 0 unspecified atom stereocenters. The van der Waals surface area contributed by atoms with Gasteiger partial charge in [-0.05, 0) is 31.2 Å². The molecule has 0 N–H and O–H groups in total. The van der Waals surface area contributed by atoms with E-state index in [0.29, 0.717) is 40.4 Å². The fraction of sp³-hybridized carbons (Fsp3) is 0.333. The van der Waals surface area contributed by atoms with Gasteiger partial charge in [0, 0.05) is 31.1 Å². The highest BCUT2D eigenvalue weighted by molar-refractivity contribution is 7.91. The SMILES string of the molecule is Cc1ccc(S(=O)(=O)N2CCN(c3cccc(Cl)c3Cl)CC2)s1. The zero-order chi connectivity index (χ0) is 16.6. The molecule has 2 heterocycles. The van der Waals surface area contributed by atoms with Crippen molar-refractivity contribution in [2.24, 2.45) is 0 Å². The Bertz CT molecular complexity index is 813. The molecule has 3 rings (SSSR count). The second-order valence-electron chi connectivity index (χ2n) is 5.33. The minimum Gasteiger partial charge on any atom is -0.368 e. The van der Waals surface area contributed by atoms with Gasteiger partial charge in [0.1, 0.15) is 4.21 Å². The number of sulfonamides is 1. The number of benzene rings is 1. The van der Waals surface area contributed by atoms with Gasteiger partial charge in [0.2, 0.25) is 0 Å². The van der Waals surface area contributed by atoms with Crippen LogP contribution in [0.15, 0.2) is 34.5 Å². The standard InChI is InChI=1S/C15H16Cl2N2O2S2/c1-11-5-6-14(22-11)23(20,21)19-9-7-18(8-10-19)13-4-2-3-12(16)15(13)17/h2-6H,7-10H2,1H3. The van der Waals surface area contributed by atoms with Crippen LogP contribution in [0.4, 0.5) is 5.69 Å². The molecule has 0 bridgehead atoms. The van der Waals surface area contributed by atoms with Crippen molar-refractivity contribution in [3.05, 3.63) is 45.3 Å². The Morgan fingerprint density at radius 2 is 1.74 bits per heavy atom. The van der Waals surface area contributed by atoms with E-state index in [1.807, 2.05) is 25.1 Å². The Balaban J connectivity index is 1.75. The number of hydrogen-bond donors (Lipinski definition) is 0. The van der Waals surface area contributed by atoms with E-state index < -0.39 is 10.0 Å². The third-order valence-corrected chi connectivity index (χ3v) is 8.00. The van der Waals surface area contributed by atoms with Crippen molar-refractivity contribution in [1.29, 1.82) is 0 Å². The summed E-state index contributed by atoms with van der Waals surface area (Å²) in [6.45, 7) is 3.94. The van der Waals surface area contributed by atoms with Crippen LogP contribution in [0.1, 0.15) is 4.88 Å². The summed E-state index contributed by atoms with van der Waals surface area (Å²) >= 11 is 13.6. The summed E-state index contributed by atoms with van der Waals surface area (Å²) in [5, 5.41) is 1.02. The lowest BCUT2D eigenvalue weighted by Crippen LogP contribution is -2.48. The first kappa shape index (κ1) is 17.0. The van der Waals surface area contributed by atoms with Crippen LogP contribution in [0, 0.1) is 6.92 Å². The van der Waals surface area contributed by atoms with Crippen LogP contribution >= 0.6 is 34.5 Å². The molecule has 23 heavy (non-hydrogen) atoms. The molecular formula is C15H16Cl2N2O2S2. The molecule has 1 aromatic carbocycles. The maximum Gasteiger partial charge on any atom is 0.252 e. The van der Waals surface area contributed by atoms with E-state index in [2.05, 4.69) is 4.90 Å². The molecule has 1 fully saturated rings. The van der Waals surface area contributed by atoms with Gasteiger partial charge in [0.15, 0.2) is 0 Å². The fourth-order valence-corrected chi connectivity index (χ4v) is 5.86. The van der Waals surface area contributed by atoms with Gasteiger partial charge < -0.3 is 4.90 Å². The number of rotatable bonds is 3. The topological polar surface area (TPSA) is 40.6 Å². The second kappa shape index (κ2) is 6.61. The average Bonchev–Trinajstić information content (AvgIpc) is 2.98.